The third kappa shape index (κ3) is 2.46. The Morgan fingerprint density at radius 1 is 1.30 bits per heavy atom. The standard InChI is InChI=1S/C15H24N4O/c1-18-9-7-11(8-10-18)19(2)15(20)14-12-5-3-4-6-13(12)16-17-14/h11H,3-10H2,1-2H3,(H,16,17)/p+1. The number of aromatic nitrogens is 2. The summed E-state index contributed by atoms with van der Waals surface area (Å²) in [6.45, 7) is 2.31. The van der Waals surface area contributed by atoms with Gasteiger partial charge in [-0.2, -0.15) is 5.10 Å². The summed E-state index contributed by atoms with van der Waals surface area (Å²) in [4.78, 5) is 16.2. The van der Waals surface area contributed by atoms with Gasteiger partial charge in [0, 0.05) is 37.2 Å². The van der Waals surface area contributed by atoms with Gasteiger partial charge in [0.25, 0.3) is 5.91 Å². The van der Waals surface area contributed by atoms with Crippen LogP contribution in [-0.4, -0.2) is 54.2 Å². The molecule has 5 heteroatoms. The third-order valence-electron chi connectivity index (χ3n) is 4.94. The lowest BCUT2D eigenvalue weighted by molar-refractivity contribution is -0.885. The van der Waals surface area contributed by atoms with E-state index in [0.29, 0.717) is 11.7 Å². The number of rotatable bonds is 2. The summed E-state index contributed by atoms with van der Waals surface area (Å²) in [5.41, 5.74) is 3.03. The maximum atomic E-state index is 12.7. The van der Waals surface area contributed by atoms with E-state index in [1.807, 2.05) is 11.9 Å². The molecule has 0 radical (unpaired) electrons. The van der Waals surface area contributed by atoms with Gasteiger partial charge in [0.1, 0.15) is 0 Å². The maximum Gasteiger partial charge on any atom is 0.274 e. The van der Waals surface area contributed by atoms with E-state index in [-0.39, 0.29) is 5.91 Å². The molecule has 0 saturated carbocycles. The molecular weight excluding hydrogens is 252 g/mol. The molecule has 2 aliphatic rings. The number of nitrogens with zero attached hydrogens (tertiary/aromatic N) is 2. The molecule has 0 aromatic carbocycles. The summed E-state index contributed by atoms with van der Waals surface area (Å²) in [5.74, 6) is 0.106. The van der Waals surface area contributed by atoms with Crippen molar-refractivity contribution in [3.8, 4) is 0 Å². The number of fused-ring (bicyclic) bond motifs is 1. The van der Waals surface area contributed by atoms with E-state index in [2.05, 4.69) is 17.2 Å². The van der Waals surface area contributed by atoms with Crippen LogP contribution < -0.4 is 4.90 Å². The van der Waals surface area contributed by atoms with Crippen molar-refractivity contribution in [3.05, 3.63) is 17.0 Å². The van der Waals surface area contributed by atoms with Gasteiger partial charge < -0.3 is 9.80 Å². The molecule has 1 aromatic heterocycles. The molecule has 1 aliphatic carbocycles. The number of carbonyl (C=O) groups excluding carboxylic acids is 1. The van der Waals surface area contributed by atoms with Gasteiger partial charge in [0.05, 0.1) is 20.1 Å². The highest BCUT2D eigenvalue weighted by atomic mass is 16.2. The van der Waals surface area contributed by atoms with Gasteiger partial charge in [-0.15, -0.1) is 0 Å². The first kappa shape index (κ1) is 13.6. The largest absolute Gasteiger partial charge is 0.337 e. The first-order chi connectivity index (χ1) is 9.66. The Morgan fingerprint density at radius 3 is 2.75 bits per heavy atom. The second-order valence-electron chi connectivity index (χ2n) is 6.34. The van der Waals surface area contributed by atoms with Gasteiger partial charge in [-0.25, -0.2) is 0 Å². The number of aromatic amines is 1. The lowest BCUT2D eigenvalue weighted by Crippen LogP contribution is -3.10. The zero-order valence-electron chi connectivity index (χ0n) is 12.5. The average Bonchev–Trinajstić information content (AvgIpc) is 2.90. The number of H-pyrrole nitrogens is 1. The summed E-state index contributed by atoms with van der Waals surface area (Å²) < 4.78 is 0. The molecule has 110 valence electrons. The molecule has 2 heterocycles. The minimum absolute atomic E-state index is 0.106. The minimum atomic E-state index is 0.106. The van der Waals surface area contributed by atoms with E-state index in [4.69, 9.17) is 0 Å². The van der Waals surface area contributed by atoms with Crippen LogP contribution in [0.2, 0.25) is 0 Å². The quantitative estimate of drug-likeness (QED) is 0.802. The van der Waals surface area contributed by atoms with E-state index in [9.17, 15) is 4.79 Å². The average molecular weight is 277 g/mol. The van der Waals surface area contributed by atoms with Crippen molar-refractivity contribution in [2.75, 3.05) is 27.2 Å². The molecular formula is C15H25N4O+. The second-order valence-corrected chi connectivity index (χ2v) is 6.34. The van der Waals surface area contributed by atoms with Crippen LogP contribution in [0.3, 0.4) is 0 Å². The van der Waals surface area contributed by atoms with Crippen molar-refractivity contribution in [1.29, 1.82) is 0 Å². The van der Waals surface area contributed by atoms with Crippen molar-refractivity contribution >= 4 is 5.91 Å². The van der Waals surface area contributed by atoms with E-state index in [1.54, 1.807) is 4.90 Å². The summed E-state index contributed by atoms with van der Waals surface area (Å²) in [7, 11) is 4.17. The predicted molar refractivity (Wildman–Crippen MR) is 77.0 cm³/mol. The van der Waals surface area contributed by atoms with Crippen molar-refractivity contribution in [2.45, 2.75) is 44.6 Å². The second kappa shape index (κ2) is 5.56. The summed E-state index contributed by atoms with van der Waals surface area (Å²) in [6.07, 6.45) is 6.61. The topological polar surface area (TPSA) is 53.4 Å². The lowest BCUT2D eigenvalue weighted by atomic mass is 9.95. The zero-order valence-corrected chi connectivity index (χ0v) is 12.5. The Kier molecular flexibility index (Phi) is 3.78. The van der Waals surface area contributed by atoms with Crippen LogP contribution in [0.5, 0.6) is 0 Å². The van der Waals surface area contributed by atoms with Gasteiger partial charge in [-0.3, -0.25) is 9.89 Å². The highest BCUT2D eigenvalue weighted by molar-refractivity contribution is 5.94. The lowest BCUT2D eigenvalue weighted by Gasteiger charge is -2.33. The molecule has 0 spiro atoms. The number of nitrogens with one attached hydrogen (secondary N) is 2. The summed E-state index contributed by atoms with van der Waals surface area (Å²) in [5, 5.41) is 7.38. The van der Waals surface area contributed by atoms with Gasteiger partial charge >= 0.3 is 0 Å². The first-order valence-electron chi connectivity index (χ1n) is 7.81. The third-order valence-corrected chi connectivity index (χ3v) is 4.94. The fourth-order valence-electron chi connectivity index (χ4n) is 3.47. The molecule has 1 saturated heterocycles. The molecule has 0 bridgehead atoms. The molecule has 1 aliphatic heterocycles. The van der Waals surface area contributed by atoms with E-state index in [1.165, 1.54) is 24.1 Å². The van der Waals surface area contributed by atoms with Gasteiger partial charge in [0.2, 0.25) is 0 Å². The Morgan fingerprint density at radius 2 is 2.00 bits per heavy atom. The molecule has 3 rings (SSSR count). The number of aryl methyl sites for hydroxylation is 1. The molecule has 1 fully saturated rings. The van der Waals surface area contributed by atoms with E-state index >= 15 is 0 Å². The number of likely N-dealkylation sites (tertiary alicyclic amines) is 1. The van der Waals surface area contributed by atoms with Crippen LogP contribution in [0.15, 0.2) is 0 Å². The molecule has 5 nitrogen and oxygen atoms in total. The highest BCUT2D eigenvalue weighted by Gasteiger charge is 2.30. The molecule has 20 heavy (non-hydrogen) atoms. The van der Waals surface area contributed by atoms with Crippen molar-refractivity contribution in [3.63, 3.8) is 0 Å². The van der Waals surface area contributed by atoms with Gasteiger partial charge in [-0.1, -0.05) is 0 Å². The van der Waals surface area contributed by atoms with Gasteiger partial charge in [0.15, 0.2) is 5.69 Å². The number of piperidine rings is 1. The highest BCUT2D eigenvalue weighted by Crippen LogP contribution is 2.23. The minimum Gasteiger partial charge on any atom is -0.337 e. The SMILES string of the molecule is CN(C(=O)c1n[nH]c2c1CCCC2)C1CC[NH+](C)CC1. The van der Waals surface area contributed by atoms with Crippen molar-refractivity contribution < 1.29 is 9.69 Å². The number of quaternary nitrogens is 1. The van der Waals surface area contributed by atoms with Crippen molar-refractivity contribution in [2.24, 2.45) is 0 Å². The van der Waals surface area contributed by atoms with E-state index in [0.717, 1.165) is 38.8 Å². The maximum absolute atomic E-state index is 12.7. The molecule has 1 aromatic rings. The van der Waals surface area contributed by atoms with Crippen LogP contribution in [0.4, 0.5) is 0 Å². The van der Waals surface area contributed by atoms with Gasteiger partial charge in [-0.05, 0) is 25.7 Å². The van der Waals surface area contributed by atoms with E-state index < -0.39 is 0 Å². The summed E-state index contributed by atoms with van der Waals surface area (Å²) in [6, 6.07) is 0.377. The van der Waals surface area contributed by atoms with Crippen LogP contribution in [0.1, 0.15) is 47.4 Å². The number of hydrogen-bond donors (Lipinski definition) is 2. The summed E-state index contributed by atoms with van der Waals surface area (Å²) >= 11 is 0. The molecule has 1 amide bonds. The fourth-order valence-corrected chi connectivity index (χ4v) is 3.47. The van der Waals surface area contributed by atoms with Crippen LogP contribution in [-0.2, 0) is 12.8 Å². The van der Waals surface area contributed by atoms with Crippen LogP contribution in [0.25, 0.3) is 0 Å². The first-order valence-corrected chi connectivity index (χ1v) is 7.81. The number of hydrogen-bond acceptors (Lipinski definition) is 2. The normalized spacial score (nSPS) is 26.1. The Labute approximate surface area is 120 Å². The molecule has 0 atom stereocenters. The van der Waals surface area contributed by atoms with Crippen molar-refractivity contribution in [1.82, 2.24) is 15.1 Å². The number of carbonyl (C=O) groups is 1. The molecule has 0 unspecified atom stereocenters. The Bertz CT molecular complexity index is 488. The number of amides is 1. The molecule has 2 N–H and O–H groups in total. The zero-order chi connectivity index (χ0) is 14.1. The Balaban J connectivity index is 1.73. The fraction of sp³-hybridized carbons (Fsp3) is 0.733. The Hall–Kier alpha value is -1.36. The predicted octanol–water partition coefficient (Wildman–Crippen LogP) is 0.0376. The smallest absolute Gasteiger partial charge is 0.274 e. The van der Waals surface area contributed by atoms with Crippen LogP contribution >= 0.6 is 0 Å². The van der Waals surface area contributed by atoms with Crippen LogP contribution in [0, 0.1) is 0 Å². The monoisotopic (exact) mass is 277 g/mol.